The van der Waals surface area contributed by atoms with E-state index in [1.807, 2.05) is 66.4 Å². The predicted octanol–water partition coefficient (Wildman–Crippen LogP) is 7.97. The molecule has 0 radical (unpaired) electrons. The van der Waals surface area contributed by atoms with Crippen molar-refractivity contribution < 1.29 is 29.3 Å². The van der Waals surface area contributed by atoms with E-state index in [-0.39, 0.29) is 39.9 Å². The third kappa shape index (κ3) is 7.80. The van der Waals surface area contributed by atoms with Gasteiger partial charge in [0.2, 0.25) is 0 Å². The fourth-order valence-electron chi connectivity index (χ4n) is 12.3. The minimum Gasteiger partial charge on any atom is -0.481 e. The second-order valence-corrected chi connectivity index (χ2v) is 19.7. The Hall–Kier alpha value is -5.18. The van der Waals surface area contributed by atoms with Gasteiger partial charge in [-0.25, -0.2) is 14.8 Å². The van der Waals surface area contributed by atoms with Crippen LogP contribution in [0.5, 0.6) is 0 Å². The molecule has 10 rings (SSSR count). The Balaban J connectivity index is 0.919. The second-order valence-electron chi connectivity index (χ2n) is 18.7. The molecular formula is C46H53N7O6S. The Morgan fingerprint density at radius 2 is 1.70 bits per heavy atom. The van der Waals surface area contributed by atoms with E-state index in [9.17, 15) is 19.5 Å². The van der Waals surface area contributed by atoms with Crippen LogP contribution in [-0.2, 0) is 29.0 Å². The first kappa shape index (κ1) is 40.2. The molecule has 4 N–H and O–H groups in total. The fourth-order valence-corrected chi connectivity index (χ4v) is 13.1. The molecule has 0 saturated heterocycles. The number of carboxylic acids is 2. The van der Waals surface area contributed by atoms with Gasteiger partial charge in [-0.05, 0) is 123 Å². The quantitative estimate of drug-likeness (QED) is 0.0755. The van der Waals surface area contributed by atoms with Crippen LogP contribution < -0.4 is 15.5 Å². The summed E-state index contributed by atoms with van der Waals surface area (Å²) in [6.07, 6.45) is 9.67. The molecule has 5 aromatic rings. The van der Waals surface area contributed by atoms with E-state index in [0.717, 1.165) is 71.2 Å². The summed E-state index contributed by atoms with van der Waals surface area (Å²) >= 11 is 1.44. The second kappa shape index (κ2) is 15.4. The molecule has 4 aliphatic carbocycles. The first-order chi connectivity index (χ1) is 28.7. The van der Waals surface area contributed by atoms with E-state index in [2.05, 4.69) is 34.1 Å². The number of thiazole rings is 1. The highest BCUT2D eigenvalue weighted by Crippen LogP contribution is 2.72. The largest absolute Gasteiger partial charge is 0.481 e. The first-order valence-electron chi connectivity index (χ1n) is 21.1. The van der Waals surface area contributed by atoms with Crippen molar-refractivity contribution in [3.8, 4) is 11.1 Å². The summed E-state index contributed by atoms with van der Waals surface area (Å²) in [7, 11) is 0. The summed E-state index contributed by atoms with van der Waals surface area (Å²) in [4.78, 5) is 48.8. The van der Waals surface area contributed by atoms with Crippen LogP contribution in [-0.4, -0.2) is 79.6 Å². The topological polar surface area (TPSA) is 172 Å². The van der Waals surface area contributed by atoms with Crippen LogP contribution >= 0.6 is 11.3 Å². The Morgan fingerprint density at radius 1 is 0.900 bits per heavy atom. The number of aromatic carboxylic acids is 1. The maximum Gasteiger partial charge on any atom is 0.355 e. The summed E-state index contributed by atoms with van der Waals surface area (Å²) in [6, 6.07) is 17.3. The molecule has 4 heterocycles. The van der Waals surface area contributed by atoms with Gasteiger partial charge in [-0.3, -0.25) is 19.6 Å². The number of carbonyl (C=O) groups is 3. The van der Waals surface area contributed by atoms with Gasteiger partial charge >= 0.3 is 11.9 Å². The zero-order valence-electron chi connectivity index (χ0n) is 34.6. The molecule has 1 aliphatic heterocycles. The lowest BCUT2D eigenvalue weighted by atomic mass is 9.39. The summed E-state index contributed by atoms with van der Waals surface area (Å²) < 4.78 is 9.91. The number of carboxylic acid groups (broad SMARTS) is 2. The number of benzene rings is 2. The monoisotopic (exact) mass is 831 g/mol. The smallest absolute Gasteiger partial charge is 0.355 e. The number of carbonyl (C=O) groups excluding carboxylic acids is 1. The minimum atomic E-state index is -1.11. The molecule has 60 heavy (non-hydrogen) atoms. The van der Waals surface area contributed by atoms with Crippen LogP contribution in [0.3, 0.4) is 0 Å². The molecule has 4 fully saturated rings. The van der Waals surface area contributed by atoms with Crippen LogP contribution in [0.25, 0.3) is 21.3 Å². The van der Waals surface area contributed by atoms with Crippen LogP contribution in [0.4, 0.5) is 10.9 Å². The highest BCUT2D eigenvalue weighted by atomic mass is 32.1. The average molecular weight is 832 g/mol. The van der Waals surface area contributed by atoms with E-state index < -0.39 is 11.9 Å². The van der Waals surface area contributed by atoms with Crippen molar-refractivity contribution in [1.82, 2.24) is 25.1 Å². The predicted molar refractivity (Wildman–Crippen MR) is 231 cm³/mol. The van der Waals surface area contributed by atoms with Gasteiger partial charge in [-0.1, -0.05) is 49.4 Å². The number of aromatic nitrogens is 4. The van der Waals surface area contributed by atoms with Crippen LogP contribution in [0.2, 0.25) is 0 Å². The third-order valence-corrected chi connectivity index (χ3v) is 14.4. The van der Waals surface area contributed by atoms with Gasteiger partial charge in [0.05, 0.1) is 28.6 Å². The molecular weight excluding hydrogens is 779 g/mol. The van der Waals surface area contributed by atoms with Crippen molar-refractivity contribution in [2.45, 2.75) is 97.2 Å². The Kier molecular flexibility index (Phi) is 10.3. The van der Waals surface area contributed by atoms with E-state index >= 15 is 0 Å². The zero-order chi connectivity index (χ0) is 41.9. The molecule has 4 bridgehead atoms. The lowest BCUT2D eigenvalue weighted by Crippen LogP contribution is -2.64. The molecule has 1 amide bonds. The molecule has 5 aliphatic rings. The molecule has 4 saturated carbocycles. The van der Waals surface area contributed by atoms with Gasteiger partial charge in [0.25, 0.3) is 5.91 Å². The fraction of sp³-hybridized carbons (Fsp3) is 0.478. The number of rotatable bonds is 15. The summed E-state index contributed by atoms with van der Waals surface area (Å²) in [5, 5.41) is 31.3. The number of anilines is 2. The maximum absolute atomic E-state index is 13.6. The number of amides is 1. The molecule has 3 aromatic heterocycles. The Morgan fingerprint density at radius 3 is 2.47 bits per heavy atom. The lowest BCUT2D eigenvalue weighted by molar-refractivity contribution is -0.247. The standard InChI is InChI=1S/C46H53N7O6S/c1-29-33(20-48-53(29)28-45-23-43(2)22-44(3,24-45)26-46(25-43,27-45)59-19-17-47-16-7-12-38(54)55)31-13-14-37(50-39(31)41(57)58)52-18-15-30-8-6-9-32(34(30)21-52)40(56)51-42-49-35-10-4-5-11-36(35)60-42/h4-6,8-11,13-14,20,47H,7,12,15-19,21-28H2,1-3H3,(H,54,55)(H,57,58)(H,49,51,56). The van der Waals surface area contributed by atoms with Gasteiger partial charge in [-0.2, -0.15) is 5.10 Å². The summed E-state index contributed by atoms with van der Waals surface area (Å²) in [5.74, 6) is -1.56. The van der Waals surface area contributed by atoms with Crippen LogP contribution in [0.1, 0.15) is 103 Å². The highest BCUT2D eigenvalue weighted by molar-refractivity contribution is 7.22. The van der Waals surface area contributed by atoms with E-state index in [4.69, 9.17) is 19.9 Å². The number of fused-ring (bicyclic) bond motifs is 2. The van der Waals surface area contributed by atoms with E-state index in [0.29, 0.717) is 67.7 Å². The van der Waals surface area contributed by atoms with Gasteiger partial charge in [0.15, 0.2) is 10.8 Å². The molecule has 14 heteroatoms. The molecule has 314 valence electrons. The molecule has 0 spiro atoms. The Bertz CT molecular complexity index is 2440. The maximum atomic E-state index is 13.6. The van der Waals surface area contributed by atoms with Crippen molar-refractivity contribution in [3.05, 3.63) is 88.9 Å². The first-order valence-corrected chi connectivity index (χ1v) is 21.9. The molecule has 2 unspecified atom stereocenters. The number of nitrogens with zero attached hydrogens (tertiary/aromatic N) is 5. The highest BCUT2D eigenvalue weighted by Gasteiger charge is 2.66. The third-order valence-electron chi connectivity index (χ3n) is 13.4. The minimum absolute atomic E-state index is 0.00630. The molecule has 13 nitrogen and oxygen atoms in total. The number of para-hydroxylation sites is 1. The number of pyridine rings is 1. The van der Waals surface area contributed by atoms with Crippen LogP contribution in [0, 0.1) is 23.2 Å². The van der Waals surface area contributed by atoms with Crippen molar-refractivity contribution in [1.29, 1.82) is 0 Å². The normalized spacial score (nSPS) is 25.4. The lowest BCUT2D eigenvalue weighted by Gasteiger charge is -2.69. The van der Waals surface area contributed by atoms with Gasteiger partial charge in [0.1, 0.15) is 5.82 Å². The number of hydrogen-bond acceptors (Lipinski definition) is 10. The zero-order valence-corrected chi connectivity index (χ0v) is 35.4. The van der Waals surface area contributed by atoms with E-state index in [1.54, 1.807) is 6.20 Å². The van der Waals surface area contributed by atoms with Crippen molar-refractivity contribution in [2.75, 3.05) is 36.5 Å². The van der Waals surface area contributed by atoms with Crippen molar-refractivity contribution in [2.24, 2.45) is 16.2 Å². The van der Waals surface area contributed by atoms with Gasteiger partial charge in [0, 0.05) is 55.0 Å². The van der Waals surface area contributed by atoms with Crippen molar-refractivity contribution >= 4 is 50.3 Å². The number of aliphatic carboxylic acids is 1. The average Bonchev–Trinajstić information content (AvgIpc) is 3.76. The summed E-state index contributed by atoms with van der Waals surface area (Å²) in [6.45, 7) is 10.6. The van der Waals surface area contributed by atoms with E-state index in [1.165, 1.54) is 17.8 Å². The number of nitrogens with one attached hydrogen (secondary N) is 2. The SMILES string of the molecule is Cc1c(-c2ccc(N3CCc4cccc(C(=O)Nc5nc6ccccc6s5)c4C3)nc2C(=O)O)cnn1CC12CC3(C)CC(C)(C1)CC(OCCNCCCC(=O)O)(C3)C2. The molecule has 2 aromatic carbocycles. The van der Waals surface area contributed by atoms with Gasteiger partial charge < -0.3 is 25.2 Å². The Labute approximate surface area is 353 Å². The molecule has 2 atom stereocenters. The summed E-state index contributed by atoms with van der Waals surface area (Å²) in [5.41, 5.74) is 5.66. The van der Waals surface area contributed by atoms with Gasteiger partial charge in [-0.15, -0.1) is 0 Å². The number of hydrogen-bond donors (Lipinski definition) is 4. The van der Waals surface area contributed by atoms with Crippen molar-refractivity contribution in [3.63, 3.8) is 0 Å². The van der Waals surface area contributed by atoms with Crippen LogP contribution in [0.15, 0.2) is 60.8 Å². The number of ether oxygens (including phenoxy) is 1.